The summed E-state index contributed by atoms with van der Waals surface area (Å²) in [5.41, 5.74) is 0.701. The molecule has 1 nitrogen and oxygen atoms in total. The second-order valence-electron chi connectivity index (χ2n) is 6.07. The van der Waals surface area contributed by atoms with Crippen LogP contribution in [0.1, 0.15) is 52.9 Å². The van der Waals surface area contributed by atoms with Gasteiger partial charge in [-0.2, -0.15) is 0 Å². The lowest BCUT2D eigenvalue weighted by atomic mass is 9.55. The van der Waals surface area contributed by atoms with Crippen molar-refractivity contribution in [1.29, 1.82) is 0 Å². The molecule has 1 aliphatic carbocycles. The van der Waals surface area contributed by atoms with Crippen molar-refractivity contribution < 1.29 is 0 Å². The molecule has 0 radical (unpaired) electrons. The molecule has 15 heavy (non-hydrogen) atoms. The molecule has 2 aliphatic rings. The Morgan fingerprint density at radius 3 is 2.73 bits per heavy atom. The van der Waals surface area contributed by atoms with E-state index in [0.29, 0.717) is 5.41 Å². The molecule has 2 rings (SSSR count). The zero-order valence-electron chi connectivity index (χ0n) is 10.7. The van der Waals surface area contributed by atoms with Crippen molar-refractivity contribution >= 4 is 0 Å². The van der Waals surface area contributed by atoms with Crippen LogP contribution in [0.15, 0.2) is 0 Å². The van der Waals surface area contributed by atoms with E-state index in [9.17, 15) is 0 Å². The molecular weight excluding hydrogens is 182 g/mol. The highest BCUT2D eigenvalue weighted by Crippen LogP contribution is 2.52. The summed E-state index contributed by atoms with van der Waals surface area (Å²) >= 11 is 0. The third-order valence-corrected chi connectivity index (χ3v) is 5.30. The number of nitrogens with one attached hydrogen (secondary N) is 1. The summed E-state index contributed by atoms with van der Waals surface area (Å²) in [6.45, 7) is 9.86. The van der Waals surface area contributed by atoms with E-state index in [2.05, 4.69) is 26.1 Å². The molecule has 1 saturated carbocycles. The molecule has 0 aromatic carbocycles. The predicted octanol–water partition coefficient (Wildman–Crippen LogP) is 3.45. The van der Waals surface area contributed by atoms with Gasteiger partial charge in [-0.1, -0.05) is 33.6 Å². The molecule has 0 aromatic rings. The summed E-state index contributed by atoms with van der Waals surface area (Å²) in [5.74, 6) is 2.86. The average molecular weight is 209 g/mol. The van der Waals surface area contributed by atoms with Gasteiger partial charge in [0, 0.05) is 0 Å². The van der Waals surface area contributed by atoms with Crippen molar-refractivity contribution in [2.24, 2.45) is 23.2 Å². The van der Waals surface area contributed by atoms with Gasteiger partial charge in [0.05, 0.1) is 0 Å². The minimum atomic E-state index is 0.701. The van der Waals surface area contributed by atoms with Crippen LogP contribution >= 0.6 is 0 Å². The fraction of sp³-hybridized carbons (Fsp3) is 1.00. The third kappa shape index (κ3) is 1.95. The molecule has 0 amide bonds. The van der Waals surface area contributed by atoms with E-state index in [4.69, 9.17) is 0 Å². The maximum absolute atomic E-state index is 3.59. The first kappa shape index (κ1) is 11.4. The summed E-state index contributed by atoms with van der Waals surface area (Å²) in [7, 11) is 0. The fourth-order valence-electron chi connectivity index (χ4n) is 4.25. The van der Waals surface area contributed by atoms with E-state index in [0.717, 1.165) is 17.8 Å². The highest BCUT2D eigenvalue weighted by molar-refractivity contribution is 4.97. The van der Waals surface area contributed by atoms with Gasteiger partial charge in [0.15, 0.2) is 0 Å². The van der Waals surface area contributed by atoms with Gasteiger partial charge in [0.25, 0.3) is 0 Å². The summed E-state index contributed by atoms with van der Waals surface area (Å²) in [6, 6.07) is 0. The van der Waals surface area contributed by atoms with Crippen LogP contribution in [0, 0.1) is 23.2 Å². The molecule has 1 spiro atoms. The van der Waals surface area contributed by atoms with Crippen LogP contribution in [0.25, 0.3) is 0 Å². The zero-order valence-corrected chi connectivity index (χ0v) is 10.7. The van der Waals surface area contributed by atoms with Crippen LogP contribution in [-0.2, 0) is 0 Å². The fourth-order valence-corrected chi connectivity index (χ4v) is 4.25. The first-order valence-electron chi connectivity index (χ1n) is 6.89. The van der Waals surface area contributed by atoms with Crippen LogP contribution in [0.2, 0.25) is 0 Å². The molecule has 4 atom stereocenters. The molecule has 88 valence electrons. The SMILES string of the molecule is CCC1CNCCC12CCC(C)CC2C. The van der Waals surface area contributed by atoms with E-state index < -0.39 is 0 Å². The quantitative estimate of drug-likeness (QED) is 0.697. The van der Waals surface area contributed by atoms with Gasteiger partial charge in [0.1, 0.15) is 0 Å². The summed E-state index contributed by atoms with van der Waals surface area (Å²) < 4.78 is 0. The van der Waals surface area contributed by atoms with Crippen LogP contribution in [0.5, 0.6) is 0 Å². The molecule has 2 fully saturated rings. The first-order valence-corrected chi connectivity index (χ1v) is 6.89. The molecule has 0 bridgehead atoms. The van der Waals surface area contributed by atoms with Crippen molar-refractivity contribution in [3.8, 4) is 0 Å². The van der Waals surface area contributed by atoms with Crippen molar-refractivity contribution in [3.05, 3.63) is 0 Å². The first-order chi connectivity index (χ1) is 7.19. The Morgan fingerprint density at radius 2 is 2.07 bits per heavy atom. The molecule has 0 aromatic heterocycles. The molecule has 1 heteroatoms. The van der Waals surface area contributed by atoms with Gasteiger partial charge in [-0.25, -0.2) is 0 Å². The van der Waals surface area contributed by atoms with Crippen molar-refractivity contribution in [2.45, 2.75) is 52.9 Å². The minimum Gasteiger partial charge on any atom is -0.316 e. The Morgan fingerprint density at radius 1 is 1.27 bits per heavy atom. The number of piperidine rings is 1. The monoisotopic (exact) mass is 209 g/mol. The van der Waals surface area contributed by atoms with Gasteiger partial charge in [0.2, 0.25) is 0 Å². The summed E-state index contributed by atoms with van der Waals surface area (Å²) in [6.07, 6.45) is 7.23. The van der Waals surface area contributed by atoms with Crippen LogP contribution in [-0.4, -0.2) is 13.1 Å². The van der Waals surface area contributed by atoms with E-state index in [1.807, 2.05) is 0 Å². The van der Waals surface area contributed by atoms with E-state index in [1.54, 1.807) is 0 Å². The molecule has 1 saturated heterocycles. The average Bonchev–Trinajstić information content (AvgIpc) is 2.25. The smallest absolute Gasteiger partial charge is 0.00152 e. The van der Waals surface area contributed by atoms with E-state index in [1.165, 1.54) is 45.2 Å². The lowest BCUT2D eigenvalue weighted by Gasteiger charge is -2.52. The van der Waals surface area contributed by atoms with E-state index >= 15 is 0 Å². The van der Waals surface area contributed by atoms with Gasteiger partial charge >= 0.3 is 0 Å². The van der Waals surface area contributed by atoms with Crippen molar-refractivity contribution in [3.63, 3.8) is 0 Å². The minimum absolute atomic E-state index is 0.701. The van der Waals surface area contributed by atoms with Crippen LogP contribution in [0.4, 0.5) is 0 Å². The third-order valence-electron chi connectivity index (χ3n) is 5.30. The highest BCUT2D eigenvalue weighted by atomic mass is 14.9. The maximum atomic E-state index is 3.59. The van der Waals surface area contributed by atoms with Gasteiger partial charge < -0.3 is 5.32 Å². The summed E-state index contributed by atoms with van der Waals surface area (Å²) in [5, 5.41) is 3.59. The largest absolute Gasteiger partial charge is 0.316 e. The Labute approximate surface area is 95.0 Å². The standard InChI is InChI=1S/C14H27N/c1-4-13-10-15-8-7-14(13)6-5-11(2)9-12(14)3/h11-13,15H,4-10H2,1-3H3. The zero-order chi connectivity index (χ0) is 10.9. The topological polar surface area (TPSA) is 12.0 Å². The molecule has 1 heterocycles. The van der Waals surface area contributed by atoms with Crippen molar-refractivity contribution in [2.75, 3.05) is 13.1 Å². The Kier molecular flexibility index (Phi) is 3.39. The second kappa shape index (κ2) is 4.45. The maximum Gasteiger partial charge on any atom is -0.00152 e. The van der Waals surface area contributed by atoms with E-state index in [-0.39, 0.29) is 0 Å². The number of hydrogen-bond donors (Lipinski definition) is 1. The number of rotatable bonds is 1. The Bertz CT molecular complexity index is 213. The summed E-state index contributed by atoms with van der Waals surface area (Å²) in [4.78, 5) is 0. The lowest BCUT2D eigenvalue weighted by molar-refractivity contribution is -0.0120. The molecule has 4 unspecified atom stereocenters. The van der Waals surface area contributed by atoms with Gasteiger partial charge in [-0.05, 0) is 55.5 Å². The second-order valence-corrected chi connectivity index (χ2v) is 6.07. The Hall–Kier alpha value is -0.0400. The number of hydrogen-bond acceptors (Lipinski definition) is 1. The highest BCUT2D eigenvalue weighted by Gasteiger charge is 2.45. The van der Waals surface area contributed by atoms with Gasteiger partial charge in [-0.3, -0.25) is 0 Å². The van der Waals surface area contributed by atoms with Gasteiger partial charge in [-0.15, -0.1) is 0 Å². The predicted molar refractivity (Wildman–Crippen MR) is 65.9 cm³/mol. The molecule has 1 aliphatic heterocycles. The molecular formula is C14H27N. The van der Waals surface area contributed by atoms with Crippen LogP contribution < -0.4 is 5.32 Å². The van der Waals surface area contributed by atoms with Crippen molar-refractivity contribution in [1.82, 2.24) is 5.32 Å². The lowest BCUT2D eigenvalue weighted by Crippen LogP contribution is -2.50. The Balaban J connectivity index is 2.14. The molecule has 1 N–H and O–H groups in total. The normalized spacial score (nSPS) is 47.0. The van der Waals surface area contributed by atoms with Crippen LogP contribution in [0.3, 0.4) is 0 Å².